The van der Waals surface area contributed by atoms with Crippen molar-refractivity contribution in [1.82, 2.24) is 24.8 Å². The molecule has 2 aliphatic rings. The maximum absolute atomic E-state index is 13.3. The first-order valence-corrected chi connectivity index (χ1v) is 10.6. The van der Waals surface area contributed by atoms with Crippen molar-refractivity contribution in [1.29, 1.82) is 0 Å². The Labute approximate surface area is 175 Å². The van der Waals surface area contributed by atoms with Crippen molar-refractivity contribution in [3.8, 4) is 0 Å². The van der Waals surface area contributed by atoms with Crippen molar-refractivity contribution >= 4 is 23.0 Å². The van der Waals surface area contributed by atoms with Gasteiger partial charge in [0.1, 0.15) is 11.1 Å². The first-order valence-electron chi connectivity index (χ1n) is 10.6. The monoisotopic (exact) mass is 403 g/mol. The average Bonchev–Trinajstić information content (AvgIpc) is 3.42. The summed E-state index contributed by atoms with van der Waals surface area (Å²) < 4.78 is 2.02. The zero-order valence-electron chi connectivity index (χ0n) is 16.9. The first-order chi connectivity index (χ1) is 14.7. The lowest BCUT2D eigenvalue weighted by Crippen LogP contribution is -2.65. The molecule has 1 saturated heterocycles. The van der Waals surface area contributed by atoms with Crippen LogP contribution < -0.4 is 5.32 Å². The highest BCUT2D eigenvalue weighted by Crippen LogP contribution is 2.37. The first kappa shape index (κ1) is 18.8. The summed E-state index contributed by atoms with van der Waals surface area (Å²) in [6.07, 6.45) is 7.70. The van der Waals surface area contributed by atoms with Gasteiger partial charge in [-0.05, 0) is 30.9 Å². The lowest BCUT2D eigenvalue weighted by Gasteiger charge is -2.43. The summed E-state index contributed by atoms with van der Waals surface area (Å²) >= 11 is 0. The van der Waals surface area contributed by atoms with Gasteiger partial charge in [-0.15, -0.1) is 0 Å². The van der Waals surface area contributed by atoms with Crippen LogP contribution in [0.3, 0.4) is 0 Å². The number of carbonyl (C=O) groups excluding carboxylic acids is 2. The van der Waals surface area contributed by atoms with E-state index in [0.29, 0.717) is 24.2 Å². The highest BCUT2D eigenvalue weighted by Gasteiger charge is 2.50. The second-order valence-corrected chi connectivity index (χ2v) is 8.19. The van der Waals surface area contributed by atoms with Crippen molar-refractivity contribution in [3.63, 3.8) is 0 Å². The predicted octanol–water partition coefficient (Wildman–Crippen LogP) is 2.56. The number of hydrogen-bond acceptors (Lipinski definition) is 4. The van der Waals surface area contributed by atoms with Gasteiger partial charge in [0.15, 0.2) is 5.65 Å². The zero-order chi connectivity index (χ0) is 20.6. The van der Waals surface area contributed by atoms with Crippen LogP contribution in [0.4, 0.5) is 0 Å². The third-order valence-electron chi connectivity index (χ3n) is 6.42. The minimum atomic E-state index is -0.695. The Morgan fingerprint density at radius 1 is 1.13 bits per heavy atom. The maximum atomic E-state index is 13.3. The molecule has 0 radical (unpaired) electrons. The van der Waals surface area contributed by atoms with E-state index in [1.807, 2.05) is 22.8 Å². The van der Waals surface area contributed by atoms with Gasteiger partial charge >= 0.3 is 0 Å². The van der Waals surface area contributed by atoms with Gasteiger partial charge in [0.05, 0.1) is 11.9 Å². The molecule has 1 aromatic carbocycles. The van der Waals surface area contributed by atoms with Crippen molar-refractivity contribution in [2.45, 2.75) is 44.2 Å². The number of piperazine rings is 1. The summed E-state index contributed by atoms with van der Waals surface area (Å²) in [5, 5.41) is 2.95. The summed E-state index contributed by atoms with van der Waals surface area (Å²) in [6, 6.07) is 12.1. The highest BCUT2D eigenvalue weighted by molar-refractivity contribution is 6.01. The number of aromatic nitrogens is 3. The van der Waals surface area contributed by atoms with E-state index in [1.165, 1.54) is 5.56 Å². The number of hydrogen-bond donors (Lipinski definition) is 1. The molecule has 0 unspecified atom stereocenters. The maximum Gasteiger partial charge on any atom is 0.256 e. The van der Waals surface area contributed by atoms with E-state index in [4.69, 9.17) is 0 Å². The van der Waals surface area contributed by atoms with E-state index in [-0.39, 0.29) is 11.8 Å². The number of nitrogens with one attached hydrogen (secondary N) is 1. The second kappa shape index (κ2) is 7.55. The number of pyridine rings is 1. The van der Waals surface area contributed by atoms with Crippen molar-refractivity contribution in [3.05, 3.63) is 60.0 Å². The quantitative estimate of drug-likeness (QED) is 0.726. The van der Waals surface area contributed by atoms with Crippen LogP contribution in [0.25, 0.3) is 11.2 Å². The average molecular weight is 403 g/mol. The Balaban J connectivity index is 1.38. The van der Waals surface area contributed by atoms with Crippen LogP contribution in [-0.4, -0.2) is 49.9 Å². The summed E-state index contributed by atoms with van der Waals surface area (Å²) in [5.41, 5.74) is 2.54. The molecule has 3 heterocycles. The SMILES string of the molecule is O=C(c1cnc2c(c1)ncn2CCc1ccccc1)N1CCNC(=O)C12CCCC2. The molecular weight excluding hydrogens is 378 g/mol. The van der Waals surface area contributed by atoms with Gasteiger partial charge in [0, 0.05) is 25.8 Å². The molecule has 0 atom stereocenters. The fourth-order valence-electron chi connectivity index (χ4n) is 4.81. The smallest absolute Gasteiger partial charge is 0.256 e. The van der Waals surface area contributed by atoms with Gasteiger partial charge in [-0.25, -0.2) is 9.97 Å². The number of carbonyl (C=O) groups is 2. The van der Waals surface area contributed by atoms with Crippen molar-refractivity contribution < 1.29 is 9.59 Å². The van der Waals surface area contributed by atoms with Gasteiger partial charge in [-0.1, -0.05) is 43.2 Å². The van der Waals surface area contributed by atoms with Gasteiger partial charge in [0.2, 0.25) is 5.91 Å². The fraction of sp³-hybridized carbons (Fsp3) is 0.391. The lowest BCUT2D eigenvalue weighted by molar-refractivity contribution is -0.134. The molecule has 1 saturated carbocycles. The zero-order valence-corrected chi connectivity index (χ0v) is 16.9. The molecule has 7 nitrogen and oxygen atoms in total. The lowest BCUT2D eigenvalue weighted by atomic mass is 9.91. The molecule has 154 valence electrons. The minimum absolute atomic E-state index is 0.0150. The number of rotatable bonds is 4. The van der Waals surface area contributed by atoms with Gasteiger partial charge in [0.25, 0.3) is 5.91 Å². The van der Waals surface area contributed by atoms with Gasteiger partial charge in [-0.2, -0.15) is 0 Å². The Hall–Kier alpha value is -3.22. The summed E-state index contributed by atoms with van der Waals surface area (Å²) in [6.45, 7) is 1.81. The Morgan fingerprint density at radius 3 is 2.73 bits per heavy atom. The molecular formula is C23H25N5O2. The molecule has 3 aromatic rings. The molecule has 2 amide bonds. The molecule has 0 bridgehead atoms. The molecule has 2 aromatic heterocycles. The fourth-order valence-corrected chi connectivity index (χ4v) is 4.81. The van der Waals surface area contributed by atoms with Crippen LogP contribution in [-0.2, 0) is 17.8 Å². The third-order valence-corrected chi connectivity index (χ3v) is 6.42. The van der Waals surface area contributed by atoms with Crippen molar-refractivity contribution in [2.75, 3.05) is 13.1 Å². The van der Waals surface area contributed by atoms with E-state index in [1.54, 1.807) is 23.5 Å². The second-order valence-electron chi connectivity index (χ2n) is 8.19. The number of fused-ring (bicyclic) bond motifs is 1. The molecule has 1 aliphatic carbocycles. The molecule has 1 spiro atoms. The topological polar surface area (TPSA) is 80.1 Å². The minimum Gasteiger partial charge on any atom is -0.352 e. The van der Waals surface area contributed by atoms with Crippen LogP contribution in [0.5, 0.6) is 0 Å². The number of amides is 2. The van der Waals surface area contributed by atoms with Crippen LogP contribution in [0.15, 0.2) is 48.9 Å². The Bertz CT molecular complexity index is 1090. The molecule has 2 fully saturated rings. The molecule has 5 rings (SSSR count). The van der Waals surface area contributed by atoms with Crippen LogP contribution in [0.2, 0.25) is 0 Å². The van der Waals surface area contributed by atoms with Gasteiger partial charge < -0.3 is 14.8 Å². The van der Waals surface area contributed by atoms with Gasteiger partial charge in [-0.3, -0.25) is 9.59 Å². The third kappa shape index (κ3) is 3.14. The van der Waals surface area contributed by atoms with E-state index >= 15 is 0 Å². The number of imidazole rings is 1. The largest absolute Gasteiger partial charge is 0.352 e. The van der Waals surface area contributed by atoms with E-state index in [9.17, 15) is 9.59 Å². The van der Waals surface area contributed by atoms with Crippen LogP contribution in [0, 0.1) is 0 Å². The molecule has 1 aliphatic heterocycles. The van der Waals surface area contributed by atoms with E-state index in [2.05, 4.69) is 27.4 Å². The summed E-state index contributed by atoms with van der Waals surface area (Å²) in [5.74, 6) is -0.140. The van der Waals surface area contributed by atoms with Crippen molar-refractivity contribution in [2.24, 2.45) is 0 Å². The molecule has 30 heavy (non-hydrogen) atoms. The highest BCUT2D eigenvalue weighted by atomic mass is 16.2. The molecule has 7 heteroatoms. The predicted molar refractivity (Wildman–Crippen MR) is 113 cm³/mol. The van der Waals surface area contributed by atoms with Crippen LogP contribution in [0.1, 0.15) is 41.6 Å². The van der Waals surface area contributed by atoms with Crippen LogP contribution >= 0.6 is 0 Å². The number of nitrogens with zero attached hydrogens (tertiary/aromatic N) is 4. The number of benzene rings is 1. The summed E-state index contributed by atoms with van der Waals surface area (Å²) in [7, 11) is 0. The Kier molecular flexibility index (Phi) is 4.73. The summed E-state index contributed by atoms with van der Waals surface area (Å²) in [4.78, 5) is 36.8. The van der Waals surface area contributed by atoms with E-state index in [0.717, 1.165) is 44.3 Å². The Morgan fingerprint density at radius 2 is 1.93 bits per heavy atom. The normalized spacial score (nSPS) is 18.1. The molecule has 1 N–H and O–H groups in total. The number of aryl methyl sites for hydroxylation is 2. The van der Waals surface area contributed by atoms with E-state index < -0.39 is 5.54 Å². The standard InChI is InChI=1S/C23H25N5O2/c29-21(28-13-11-24-22(30)23(28)9-4-5-10-23)18-14-19-20(25-15-18)27(16-26-19)12-8-17-6-2-1-3-7-17/h1-3,6-7,14-16H,4-5,8-13H2,(H,24,30).